The number of ether oxygens (including phenoxy) is 2. The molecule has 0 spiro atoms. The molecule has 0 radical (unpaired) electrons. The van der Waals surface area contributed by atoms with Crippen molar-refractivity contribution in [3.63, 3.8) is 0 Å². The minimum Gasteiger partial charge on any atom is -0.493 e. The van der Waals surface area contributed by atoms with Crippen LogP contribution in [0, 0.1) is 0 Å². The Labute approximate surface area is 175 Å². The van der Waals surface area contributed by atoms with Crippen molar-refractivity contribution in [2.75, 3.05) is 19.0 Å². The maximum absolute atomic E-state index is 12.9. The molecule has 9 heteroatoms. The summed E-state index contributed by atoms with van der Waals surface area (Å²) >= 11 is 3.46. The van der Waals surface area contributed by atoms with Crippen LogP contribution < -0.4 is 26.0 Å². The van der Waals surface area contributed by atoms with Crippen LogP contribution in [0.15, 0.2) is 31.9 Å². The Hall–Kier alpha value is -2.81. The Bertz CT molecular complexity index is 1130. The first-order valence-electron chi connectivity index (χ1n) is 9.21. The number of hydrogen-bond donors (Lipinski definition) is 1. The molecule has 29 heavy (non-hydrogen) atoms. The molecule has 0 atom stereocenters. The van der Waals surface area contributed by atoms with Crippen molar-refractivity contribution in [2.24, 2.45) is 7.05 Å². The maximum atomic E-state index is 12.9. The summed E-state index contributed by atoms with van der Waals surface area (Å²) in [5.41, 5.74) is -0.206. The van der Waals surface area contributed by atoms with Gasteiger partial charge >= 0.3 is 5.69 Å². The van der Waals surface area contributed by atoms with Gasteiger partial charge < -0.3 is 14.8 Å². The highest BCUT2D eigenvalue weighted by atomic mass is 79.9. The lowest BCUT2D eigenvalue weighted by atomic mass is 10.1. The van der Waals surface area contributed by atoms with Crippen LogP contribution in [-0.2, 0) is 13.6 Å². The van der Waals surface area contributed by atoms with E-state index >= 15 is 0 Å². The van der Waals surface area contributed by atoms with E-state index in [0.717, 1.165) is 4.57 Å². The van der Waals surface area contributed by atoms with E-state index in [1.165, 1.54) is 18.7 Å². The lowest BCUT2D eigenvalue weighted by molar-refractivity contribution is 0.104. The summed E-state index contributed by atoms with van der Waals surface area (Å²) in [5, 5.41) is 2.97. The Morgan fingerprint density at radius 2 is 1.93 bits per heavy atom. The summed E-state index contributed by atoms with van der Waals surface area (Å²) in [5.74, 6) is 0.870. The molecule has 1 aromatic carbocycles. The normalized spacial score (nSPS) is 14.1. The van der Waals surface area contributed by atoms with Crippen LogP contribution >= 0.6 is 15.9 Å². The van der Waals surface area contributed by atoms with Gasteiger partial charge in [0.25, 0.3) is 5.56 Å². The Kier molecular flexibility index (Phi) is 5.97. The number of Topliss-reactive ketones (excluding diaryl/α,β-unsaturated/α-hetero) is 1. The van der Waals surface area contributed by atoms with Crippen LogP contribution in [-0.4, -0.2) is 28.6 Å². The van der Waals surface area contributed by atoms with E-state index in [2.05, 4.69) is 21.2 Å². The lowest BCUT2D eigenvalue weighted by Gasteiger charge is -2.13. The largest absolute Gasteiger partial charge is 0.493 e. The van der Waals surface area contributed by atoms with Gasteiger partial charge in [0, 0.05) is 13.6 Å². The van der Waals surface area contributed by atoms with Gasteiger partial charge in [0.05, 0.1) is 23.9 Å². The molecule has 2 aromatic rings. The summed E-state index contributed by atoms with van der Waals surface area (Å²) in [6.07, 6.45) is 2.30. The molecule has 1 N–H and O–H groups in total. The second-order valence-corrected chi connectivity index (χ2v) is 7.36. The molecule has 2 heterocycles. The fourth-order valence-electron chi connectivity index (χ4n) is 3.23. The molecule has 1 aliphatic rings. The number of halogens is 1. The van der Waals surface area contributed by atoms with Crippen molar-refractivity contribution >= 4 is 33.6 Å². The molecule has 3 rings (SSSR count). The molecule has 0 amide bonds. The van der Waals surface area contributed by atoms with Gasteiger partial charge in [0.1, 0.15) is 11.4 Å². The van der Waals surface area contributed by atoms with Crippen LogP contribution in [0.25, 0.3) is 6.08 Å². The monoisotopic (exact) mass is 463 g/mol. The Balaban J connectivity index is 2.11. The zero-order valence-electron chi connectivity index (χ0n) is 16.7. The third-order valence-electron chi connectivity index (χ3n) is 4.57. The average molecular weight is 464 g/mol. The van der Waals surface area contributed by atoms with Crippen molar-refractivity contribution < 1.29 is 14.3 Å². The van der Waals surface area contributed by atoms with Crippen molar-refractivity contribution in [3.8, 4) is 11.5 Å². The summed E-state index contributed by atoms with van der Waals surface area (Å²) in [6.45, 7) is 4.66. The topological polar surface area (TPSA) is 91.6 Å². The number of anilines is 1. The third kappa shape index (κ3) is 3.62. The number of fused-ring (bicyclic) bond motifs is 1. The molecular weight excluding hydrogens is 442 g/mol. The number of nitrogens with zero attached hydrogens (tertiary/aromatic N) is 2. The van der Waals surface area contributed by atoms with Gasteiger partial charge in [-0.25, -0.2) is 4.79 Å². The first-order chi connectivity index (χ1) is 13.8. The number of rotatable bonds is 6. The second kappa shape index (κ2) is 8.28. The molecular formula is C20H22BrN3O5. The highest BCUT2D eigenvalue weighted by molar-refractivity contribution is 9.10. The molecule has 0 fully saturated rings. The number of aromatic nitrogens is 2. The Morgan fingerprint density at radius 1 is 1.21 bits per heavy atom. The lowest BCUT2D eigenvalue weighted by Crippen LogP contribution is -2.40. The number of carbonyl (C=O) groups is 1. The van der Waals surface area contributed by atoms with Crippen molar-refractivity contribution in [1.82, 2.24) is 9.13 Å². The van der Waals surface area contributed by atoms with Crippen molar-refractivity contribution in [3.05, 3.63) is 54.3 Å². The smallest absolute Gasteiger partial charge is 0.332 e. The first kappa shape index (κ1) is 20.9. The molecule has 154 valence electrons. The minimum absolute atomic E-state index is 0.0243. The third-order valence-corrected chi connectivity index (χ3v) is 5.16. The zero-order valence-corrected chi connectivity index (χ0v) is 18.3. The predicted molar refractivity (Wildman–Crippen MR) is 114 cm³/mol. The molecule has 8 nitrogen and oxygen atoms in total. The quantitative estimate of drug-likeness (QED) is 0.662. The molecule has 0 unspecified atom stereocenters. The van der Waals surface area contributed by atoms with Crippen LogP contribution in [0.5, 0.6) is 11.5 Å². The molecule has 0 aliphatic carbocycles. The summed E-state index contributed by atoms with van der Waals surface area (Å²) in [4.78, 5) is 37.9. The predicted octanol–water partition coefficient (Wildman–Crippen LogP) is 2.78. The molecule has 1 aromatic heterocycles. The van der Waals surface area contributed by atoms with E-state index in [1.807, 2.05) is 13.8 Å². The van der Waals surface area contributed by atoms with Crippen molar-refractivity contribution in [1.29, 1.82) is 0 Å². The van der Waals surface area contributed by atoms with Gasteiger partial charge in [-0.1, -0.05) is 6.92 Å². The minimum atomic E-state index is -0.608. The van der Waals surface area contributed by atoms with Gasteiger partial charge in [-0.15, -0.1) is 0 Å². The van der Waals surface area contributed by atoms with E-state index in [9.17, 15) is 14.4 Å². The van der Waals surface area contributed by atoms with Gasteiger partial charge in [0.2, 0.25) is 5.78 Å². The number of hydrogen-bond acceptors (Lipinski definition) is 6. The van der Waals surface area contributed by atoms with E-state index in [0.29, 0.717) is 41.1 Å². The van der Waals surface area contributed by atoms with Crippen molar-refractivity contribution in [2.45, 2.75) is 26.8 Å². The SMILES string of the molecule is CCCn1c2c(c(=O)n(C)c1=O)C(=O)/C(=C/c1cc(Br)c(OCC)c(OC)c1)N2. The van der Waals surface area contributed by atoms with Gasteiger partial charge in [-0.05, 0) is 53.0 Å². The summed E-state index contributed by atoms with van der Waals surface area (Å²) in [7, 11) is 2.91. The zero-order chi connectivity index (χ0) is 21.3. The number of carbonyl (C=O) groups excluding carboxylic acids is 1. The van der Waals surface area contributed by atoms with Gasteiger partial charge in [-0.2, -0.15) is 0 Å². The maximum Gasteiger partial charge on any atom is 0.332 e. The second-order valence-electron chi connectivity index (χ2n) is 6.50. The summed E-state index contributed by atoms with van der Waals surface area (Å²) < 4.78 is 14.0. The standard InChI is InChI=1S/C20H22BrN3O5/c1-5-7-24-18-15(19(26)23(3)20(24)27)16(25)13(22-18)9-11-8-12(21)17(29-6-2)14(10-11)28-4/h8-10,22H,5-7H2,1-4H3/b13-9-. The number of ketones is 1. The number of nitrogens with one attached hydrogen (secondary N) is 1. The average Bonchev–Trinajstić information content (AvgIpc) is 3.01. The summed E-state index contributed by atoms with van der Waals surface area (Å²) in [6, 6.07) is 3.52. The van der Waals surface area contributed by atoms with Crippen LogP contribution in [0.4, 0.5) is 5.82 Å². The van der Waals surface area contributed by atoms with Crippen LogP contribution in [0.2, 0.25) is 0 Å². The van der Waals surface area contributed by atoms with E-state index in [-0.39, 0.29) is 17.1 Å². The highest BCUT2D eigenvalue weighted by Crippen LogP contribution is 2.37. The fourth-order valence-corrected chi connectivity index (χ4v) is 3.80. The Morgan fingerprint density at radius 3 is 2.55 bits per heavy atom. The van der Waals surface area contributed by atoms with E-state index in [4.69, 9.17) is 9.47 Å². The van der Waals surface area contributed by atoms with Gasteiger partial charge in [-0.3, -0.25) is 18.7 Å². The van der Waals surface area contributed by atoms with Crippen LogP contribution in [0.1, 0.15) is 36.2 Å². The first-order valence-corrected chi connectivity index (χ1v) is 10.0. The van der Waals surface area contributed by atoms with E-state index in [1.54, 1.807) is 18.2 Å². The number of allylic oxidation sites excluding steroid dienone is 1. The molecule has 0 bridgehead atoms. The molecule has 0 saturated heterocycles. The van der Waals surface area contributed by atoms with Crippen LogP contribution in [0.3, 0.4) is 0 Å². The number of methoxy groups -OCH3 is 1. The molecule has 0 saturated carbocycles. The van der Waals surface area contributed by atoms with E-state index < -0.39 is 17.0 Å². The van der Waals surface area contributed by atoms with Gasteiger partial charge in [0.15, 0.2) is 11.5 Å². The fraction of sp³-hybridized carbons (Fsp3) is 0.350. The molecule has 1 aliphatic heterocycles. The highest BCUT2D eigenvalue weighted by Gasteiger charge is 2.32. The number of benzene rings is 1.